The Balaban J connectivity index is 2.11. The van der Waals surface area contributed by atoms with Crippen molar-refractivity contribution >= 4 is 11.3 Å². The number of nitrogens with one attached hydrogen (secondary N) is 1. The SMILES string of the molecule is NCc1nc(CNCCCC(F)(F)F)cs1. The van der Waals surface area contributed by atoms with E-state index < -0.39 is 12.6 Å². The molecule has 0 fully saturated rings. The average molecular weight is 253 g/mol. The highest BCUT2D eigenvalue weighted by atomic mass is 32.1. The summed E-state index contributed by atoms with van der Waals surface area (Å²) < 4.78 is 35.4. The van der Waals surface area contributed by atoms with E-state index in [9.17, 15) is 13.2 Å². The molecule has 3 N–H and O–H groups in total. The molecule has 0 radical (unpaired) electrons. The second kappa shape index (κ2) is 6.17. The van der Waals surface area contributed by atoms with Crippen molar-refractivity contribution in [3.63, 3.8) is 0 Å². The third-order valence-electron chi connectivity index (χ3n) is 1.89. The van der Waals surface area contributed by atoms with Crippen LogP contribution in [0.5, 0.6) is 0 Å². The van der Waals surface area contributed by atoms with E-state index in [0.717, 1.165) is 10.7 Å². The quantitative estimate of drug-likeness (QED) is 0.763. The summed E-state index contributed by atoms with van der Waals surface area (Å²) in [6.07, 6.45) is -4.71. The van der Waals surface area contributed by atoms with Gasteiger partial charge in [-0.2, -0.15) is 13.2 Å². The zero-order chi connectivity index (χ0) is 12.0. The number of rotatable bonds is 6. The van der Waals surface area contributed by atoms with Crippen molar-refractivity contribution < 1.29 is 13.2 Å². The van der Waals surface area contributed by atoms with Crippen molar-refractivity contribution in [1.29, 1.82) is 0 Å². The minimum atomic E-state index is -4.06. The fraction of sp³-hybridized carbons (Fsp3) is 0.667. The van der Waals surface area contributed by atoms with Gasteiger partial charge in [0.05, 0.1) is 5.69 Å². The van der Waals surface area contributed by atoms with Gasteiger partial charge in [-0.1, -0.05) is 0 Å². The first-order valence-corrected chi connectivity index (χ1v) is 5.80. The first-order chi connectivity index (χ1) is 7.51. The van der Waals surface area contributed by atoms with Crippen molar-refractivity contribution in [1.82, 2.24) is 10.3 Å². The smallest absolute Gasteiger partial charge is 0.325 e. The van der Waals surface area contributed by atoms with E-state index in [4.69, 9.17) is 5.73 Å². The van der Waals surface area contributed by atoms with Gasteiger partial charge in [0, 0.05) is 24.9 Å². The van der Waals surface area contributed by atoms with Crippen LogP contribution < -0.4 is 11.1 Å². The summed E-state index contributed by atoms with van der Waals surface area (Å²) in [6.45, 7) is 1.24. The number of aromatic nitrogens is 1. The Morgan fingerprint density at radius 1 is 1.44 bits per heavy atom. The van der Waals surface area contributed by atoms with Crippen molar-refractivity contribution in [2.45, 2.75) is 32.1 Å². The fourth-order valence-corrected chi connectivity index (χ4v) is 1.83. The maximum Gasteiger partial charge on any atom is 0.389 e. The molecular formula is C9H14F3N3S. The molecule has 1 aromatic rings. The number of alkyl halides is 3. The van der Waals surface area contributed by atoms with Crippen LogP contribution in [0.15, 0.2) is 5.38 Å². The lowest BCUT2D eigenvalue weighted by molar-refractivity contribution is -0.135. The summed E-state index contributed by atoms with van der Waals surface area (Å²) in [7, 11) is 0. The van der Waals surface area contributed by atoms with Gasteiger partial charge in [-0.3, -0.25) is 0 Å². The van der Waals surface area contributed by atoms with Crippen LogP contribution in [0.1, 0.15) is 23.5 Å². The predicted octanol–water partition coefficient (Wildman–Crippen LogP) is 2.03. The number of nitrogens with two attached hydrogens (primary N) is 1. The van der Waals surface area contributed by atoms with E-state index >= 15 is 0 Å². The zero-order valence-corrected chi connectivity index (χ0v) is 9.50. The Morgan fingerprint density at radius 2 is 2.19 bits per heavy atom. The Morgan fingerprint density at radius 3 is 2.75 bits per heavy atom. The molecule has 92 valence electrons. The Kier molecular flexibility index (Phi) is 5.17. The highest BCUT2D eigenvalue weighted by Gasteiger charge is 2.25. The van der Waals surface area contributed by atoms with Gasteiger partial charge in [-0.25, -0.2) is 4.98 Å². The first kappa shape index (κ1) is 13.4. The summed E-state index contributed by atoms with van der Waals surface area (Å²) in [5.74, 6) is 0. The summed E-state index contributed by atoms with van der Waals surface area (Å²) >= 11 is 1.46. The number of halogens is 3. The van der Waals surface area contributed by atoms with Crippen LogP contribution in [-0.2, 0) is 13.1 Å². The molecule has 1 rings (SSSR count). The molecule has 0 unspecified atom stereocenters. The van der Waals surface area contributed by atoms with Crippen LogP contribution in [0.4, 0.5) is 13.2 Å². The van der Waals surface area contributed by atoms with Crippen LogP contribution in [0.25, 0.3) is 0 Å². The van der Waals surface area contributed by atoms with E-state index in [1.165, 1.54) is 11.3 Å². The molecule has 0 spiro atoms. The molecule has 1 aromatic heterocycles. The third-order valence-corrected chi connectivity index (χ3v) is 2.81. The predicted molar refractivity (Wildman–Crippen MR) is 57.0 cm³/mol. The molecule has 0 aliphatic heterocycles. The molecule has 0 saturated heterocycles. The van der Waals surface area contributed by atoms with Gasteiger partial charge in [-0.05, 0) is 13.0 Å². The number of thiazole rings is 1. The van der Waals surface area contributed by atoms with E-state index in [-0.39, 0.29) is 6.42 Å². The van der Waals surface area contributed by atoms with Crippen LogP contribution in [0, 0.1) is 0 Å². The highest BCUT2D eigenvalue weighted by Crippen LogP contribution is 2.20. The largest absolute Gasteiger partial charge is 0.389 e. The molecule has 1 heterocycles. The standard InChI is InChI=1S/C9H14F3N3S/c10-9(11,12)2-1-3-14-5-7-6-16-8(4-13)15-7/h6,14H,1-5,13H2. The Hall–Kier alpha value is -0.660. The topological polar surface area (TPSA) is 50.9 Å². The van der Waals surface area contributed by atoms with Crippen molar-refractivity contribution in [2.75, 3.05) is 6.54 Å². The zero-order valence-electron chi connectivity index (χ0n) is 8.68. The monoisotopic (exact) mass is 253 g/mol. The molecule has 3 nitrogen and oxygen atoms in total. The second-order valence-electron chi connectivity index (χ2n) is 3.33. The van der Waals surface area contributed by atoms with Gasteiger partial charge in [0.2, 0.25) is 0 Å². The average Bonchev–Trinajstić information content (AvgIpc) is 2.63. The lowest BCUT2D eigenvalue weighted by Crippen LogP contribution is -2.18. The lowest BCUT2D eigenvalue weighted by atomic mass is 10.3. The summed E-state index contributed by atoms with van der Waals surface area (Å²) in [6, 6.07) is 0. The molecule has 0 saturated carbocycles. The summed E-state index contributed by atoms with van der Waals surface area (Å²) in [5, 5.41) is 5.62. The number of hydrogen-bond acceptors (Lipinski definition) is 4. The lowest BCUT2D eigenvalue weighted by Gasteiger charge is -2.06. The molecule has 0 amide bonds. The van der Waals surface area contributed by atoms with Gasteiger partial charge >= 0.3 is 6.18 Å². The number of nitrogens with zero attached hydrogens (tertiary/aromatic N) is 1. The van der Waals surface area contributed by atoms with Gasteiger partial charge in [0.15, 0.2) is 0 Å². The molecular weight excluding hydrogens is 239 g/mol. The summed E-state index contributed by atoms with van der Waals surface area (Å²) in [4.78, 5) is 4.18. The third kappa shape index (κ3) is 5.43. The minimum Gasteiger partial charge on any atom is -0.325 e. The molecule has 0 aliphatic carbocycles. The minimum absolute atomic E-state index is 0.0946. The van der Waals surface area contributed by atoms with Gasteiger partial charge < -0.3 is 11.1 Å². The Labute approximate surface area is 95.9 Å². The second-order valence-corrected chi connectivity index (χ2v) is 4.27. The highest BCUT2D eigenvalue weighted by molar-refractivity contribution is 7.09. The van der Waals surface area contributed by atoms with E-state index in [0.29, 0.717) is 19.6 Å². The summed E-state index contributed by atoms with van der Waals surface area (Å²) in [5.41, 5.74) is 6.22. The molecule has 16 heavy (non-hydrogen) atoms. The molecule has 7 heteroatoms. The molecule has 0 aromatic carbocycles. The van der Waals surface area contributed by atoms with Gasteiger partial charge in [0.1, 0.15) is 5.01 Å². The van der Waals surface area contributed by atoms with Crippen LogP contribution >= 0.6 is 11.3 Å². The molecule has 0 bridgehead atoms. The maximum absolute atomic E-state index is 11.8. The van der Waals surface area contributed by atoms with E-state index in [1.54, 1.807) is 0 Å². The molecule has 0 aliphatic rings. The van der Waals surface area contributed by atoms with Gasteiger partial charge in [-0.15, -0.1) is 11.3 Å². The van der Waals surface area contributed by atoms with Crippen molar-refractivity contribution in [3.05, 3.63) is 16.1 Å². The maximum atomic E-state index is 11.8. The van der Waals surface area contributed by atoms with E-state index in [1.807, 2.05) is 5.38 Å². The van der Waals surface area contributed by atoms with Crippen LogP contribution in [0.2, 0.25) is 0 Å². The number of hydrogen-bond donors (Lipinski definition) is 2. The molecule has 0 atom stereocenters. The first-order valence-electron chi connectivity index (χ1n) is 4.92. The van der Waals surface area contributed by atoms with Crippen molar-refractivity contribution in [2.24, 2.45) is 5.73 Å². The van der Waals surface area contributed by atoms with E-state index in [2.05, 4.69) is 10.3 Å². The van der Waals surface area contributed by atoms with Crippen molar-refractivity contribution in [3.8, 4) is 0 Å². The fourth-order valence-electron chi connectivity index (χ4n) is 1.15. The van der Waals surface area contributed by atoms with Crippen LogP contribution in [-0.4, -0.2) is 17.7 Å². The van der Waals surface area contributed by atoms with Crippen LogP contribution in [0.3, 0.4) is 0 Å². The Bertz CT molecular complexity index is 311. The van der Waals surface area contributed by atoms with Gasteiger partial charge in [0.25, 0.3) is 0 Å². The normalized spacial score (nSPS) is 12.0.